The largest absolute Gasteiger partial charge is 0.470 e. The van der Waals surface area contributed by atoms with Crippen molar-refractivity contribution in [1.82, 2.24) is 24.8 Å². The fourth-order valence-electron chi connectivity index (χ4n) is 4.05. The fraction of sp³-hybridized carbons (Fsp3) is 0.261. The predicted octanol–water partition coefficient (Wildman–Crippen LogP) is 3.48. The summed E-state index contributed by atoms with van der Waals surface area (Å²) < 4.78 is 5.93. The number of aromatic amines is 1. The molecule has 4 aromatic rings. The Kier molecular flexibility index (Phi) is 4.59. The molecule has 5 rings (SSSR count). The number of ether oxygens (including phenoxy) is 1. The van der Waals surface area contributed by atoms with Gasteiger partial charge in [-0.1, -0.05) is 6.07 Å². The molecule has 0 amide bonds. The summed E-state index contributed by atoms with van der Waals surface area (Å²) in [5.41, 5.74) is 14.8. The lowest BCUT2D eigenvalue weighted by molar-refractivity contribution is 0.295. The zero-order valence-electron chi connectivity index (χ0n) is 17.1. The number of imidazole rings is 1. The molecule has 0 unspecified atom stereocenters. The van der Waals surface area contributed by atoms with Gasteiger partial charge in [-0.3, -0.25) is 0 Å². The van der Waals surface area contributed by atoms with Gasteiger partial charge in [0.15, 0.2) is 5.82 Å². The summed E-state index contributed by atoms with van der Waals surface area (Å²) in [4.78, 5) is 18.7. The van der Waals surface area contributed by atoms with Crippen LogP contribution in [-0.2, 0) is 19.6 Å². The van der Waals surface area contributed by atoms with Crippen LogP contribution in [0.2, 0.25) is 0 Å². The maximum Gasteiger partial charge on any atom is 0.258 e. The van der Waals surface area contributed by atoms with E-state index in [0.717, 1.165) is 47.4 Å². The second kappa shape index (κ2) is 7.42. The quantitative estimate of drug-likeness (QED) is 0.545. The first-order chi connectivity index (χ1) is 14.6. The van der Waals surface area contributed by atoms with Gasteiger partial charge in [0.25, 0.3) is 5.88 Å². The molecule has 0 radical (unpaired) electrons. The first-order valence-corrected chi connectivity index (χ1v) is 10.1. The summed E-state index contributed by atoms with van der Waals surface area (Å²) in [5.74, 6) is 0.635. The van der Waals surface area contributed by atoms with Gasteiger partial charge in [0, 0.05) is 18.7 Å². The van der Waals surface area contributed by atoms with Crippen LogP contribution in [0.15, 0.2) is 42.9 Å². The zero-order valence-corrected chi connectivity index (χ0v) is 17.1. The van der Waals surface area contributed by atoms with E-state index in [1.54, 1.807) is 12.5 Å². The summed E-state index contributed by atoms with van der Waals surface area (Å²) in [7, 11) is 2.15. The smallest absolute Gasteiger partial charge is 0.258 e. The van der Waals surface area contributed by atoms with Crippen LogP contribution in [0.4, 0.5) is 5.82 Å². The van der Waals surface area contributed by atoms with Crippen LogP contribution < -0.4 is 10.5 Å². The van der Waals surface area contributed by atoms with Crippen molar-refractivity contribution >= 4 is 16.9 Å². The molecule has 2 aromatic heterocycles. The average Bonchev–Trinajstić information content (AvgIpc) is 3.20. The van der Waals surface area contributed by atoms with E-state index in [1.807, 2.05) is 18.2 Å². The molecule has 7 nitrogen and oxygen atoms in total. The van der Waals surface area contributed by atoms with Gasteiger partial charge < -0.3 is 20.4 Å². The molecule has 1 aliphatic rings. The van der Waals surface area contributed by atoms with Gasteiger partial charge in [0.05, 0.1) is 29.3 Å². The number of likely N-dealkylation sites (N-methyl/N-ethyl adjacent to an activating group) is 1. The molecule has 2 aromatic carbocycles. The number of hydrogen-bond acceptors (Lipinski definition) is 6. The van der Waals surface area contributed by atoms with Gasteiger partial charge in [-0.15, -0.1) is 0 Å². The molecule has 0 bridgehead atoms. The number of nitrogens with one attached hydrogen (secondary N) is 1. The highest BCUT2D eigenvalue weighted by molar-refractivity contribution is 5.75. The number of nitrogens with zero attached hydrogens (tertiary/aromatic N) is 4. The molecule has 7 heteroatoms. The third kappa shape index (κ3) is 3.48. The second-order valence-corrected chi connectivity index (χ2v) is 7.91. The van der Waals surface area contributed by atoms with Crippen LogP contribution in [0.1, 0.15) is 22.3 Å². The lowest BCUT2D eigenvalue weighted by Gasteiger charge is -2.27. The normalized spacial score (nSPS) is 14.1. The Labute approximate surface area is 174 Å². The van der Waals surface area contributed by atoms with Crippen LogP contribution in [0.5, 0.6) is 5.88 Å². The van der Waals surface area contributed by atoms with Gasteiger partial charge >= 0.3 is 0 Å². The van der Waals surface area contributed by atoms with E-state index in [0.29, 0.717) is 12.5 Å². The topological polar surface area (TPSA) is 92.9 Å². The Morgan fingerprint density at radius 2 is 2.10 bits per heavy atom. The van der Waals surface area contributed by atoms with E-state index in [2.05, 4.69) is 50.9 Å². The molecule has 0 spiro atoms. The van der Waals surface area contributed by atoms with E-state index < -0.39 is 0 Å². The van der Waals surface area contributed by atoms with E-state index in [1.165, 1.54) is 16.7 Å². The van der Waals surface area contributed by atoms with Crippen LogP contribution in [0.3, 0.4) is 0 Å². The van der Waals surface area contributed by atoms with Gasteiger partial charge in [-0.25, -0.2) is 15.0 Å². The lowest BCUT2D eigenvalue weighted by atomic mass is 9.92. The molecule has 152 valence electrons. The summed E-state index contributed by atoms with van der Waals surface area (Å²) in [6.07, 6.45) is 4.48. The number of aryl methyl sites for hydroxylation is 1. The van der Waals surface area contributed by atoms with Crippen LogP contribution in [-0.4, -0.2) is 38.4 Å². The molecule has 0 aliphatic carbocycles. The number of benzene rings is 2. The monoisotopic (exact) mass is 400 g/mol. The highest BCUT2D eigenvalue weighted by Gasteiger charge is 2.17. The SMILES string of the molecule is Cc1cc(-c2cnc(N)c(OCc3ccc4[nH]cnc4c3)n2)cc2c1CCN(C)C2. The highest BCUT2D eigenvalue weighted by atomic mass is 16.5. The summed E-state index contributed by atoms with van der Waals surface area (Å²) in [6, 6.07) is 10.4. The van der Waals surface area contributed by atoms with Crippen molar-refractivity contribution in [2.75, 3.05) is 19.3 Å². The third-order valence-electron chi connectivity index (χ3n) is 5.67. The van der Waals surface area contributed by atoms with E-state index in [4.69, 9.17) is 10.5 Å². The van der Waals surface area contributed by atoms with Crippen LogP contribution >= 0.6 is 0 Å². The van der Waals surface area contributed by atoms with Crippen molar-refractivity contribution in [3.05, 3.63) is 65.1 Å². The third-order valence-corrected chi connectivity index (χ3v) is 5.67. The summed E-state index contributed by atoms with van der Waals surface area (Å²) >= 11 is 0. The van der Waals surface area contributed by atoms with Crippen LogP contribution in [0.25, 0.3) is 22.3 Å². The molecule has 30 heavy (non-hydrogen) atoms. The van der Waals surface area contributed by atoms with Crippen LogP contribution in [0, 0.1) is 6.92 Å². The average molecular weight is 400 g/mol. The van der Waals surface area contributed by atoms with E-state index in [9.17, 15) is 0 Å². The van der Waals surface area contributed by atoms with E-state index >= 15 is 0 Å². The Morgan fingerprint density at radius 3 is 3.00 bits per heavy atom. The van der Waals surface area contributed by atoms with Gasteiger partial charge in [0.2, 0.25) is 0 Å². The molecule has 0 saturated carbocycles. The number of hydrogen-bond donors (Lipinski definition) is 2. The lowest BCUT2D eigenvalue weighted by Crippen LogP contribution is -2.27. The number of rotatable bonds is 4. The van der Waals surface area contributed by atoms with E-state index in [-0.39, 0.29) is 5.82 Å². The number of anilines is 1. The number of H-pyrrole nitrogens is 1. The molecule has 1 aliphatic heterocycles. The van der Waals surface area contributed by atoms with Gasteiger partial charge in [0.1, 0.15) is 6.61 Å². The van der Waals surface area contributed by atoms with Crippen molar-refractivity contribution in [1.29, 1.82) is 0 Å². The first kappa shape index (κ1) is 18.6. The van der Waals surface area contributed by atoms with Crippen molar-refractivity contribution in [3.63, 3.8) is 0 Å². The zero-order chi connectivity index (χ0) is 20.7. The minimum Gasteiger partial charge on any atom is -0.470 e. The number of aromatic nitrogens is 4. The fourth-order valence-corrected chi connectivity index (χ4v) is 4.05. The maximum atomic E-state index is 6.04. The summed E-state index contributed by atoms with van der Waals surface area (Å²) in [6.45, 7) is 4.56. The molecular weight excluding hydrogens is 376 g/mol. The van der Waals surface area contributed by atoms with Gasteiger partial charge in [-0.05, 0) is 66.9 Å². The molecule has 3 heterocycles. The molecule has 3 N–H and O–H groups in total. The first-order valence-electron chi connectivity index (χ1n) is 10.1. The van der Waals surface area contributed by atoms with Crippen molar-refractivity contribution < 1.29 is 4.74 Å². The Balaban J connectivity index is 1.42. The standard InChI is InChI=1S/C23H24N6O/c1-14-7-16(9-17-11-29(2)6-5-18(14)17)21-10-25-22(24)23(28-21)30-12-15-3-4-19-20(8-15)27-13-26-19/h3-4,7-10,13H,5-6,11-12H2,1-2H3,(H2,24,25)(H,26,27). The van der Waals surface area contributed by atoms with Crippen molar-refractivity contribution in [2.24, 2.45) is 0 Å². The number of nitrogen functional groups attached to an aromatic ring is 1. The number of nitrogens with two attached hydrogens (primary N) is 1. The summed E-state index contributed by atoms with van der Waals surface area (Å²) in [5, 5.41) is 0. The Bertz CT molecular complexity index is 1230. The minimum absolute atomic E-state index is 0.286. The Morgan fingerprint density at radius 1 is 1.20 bits per heavy atom. The Hall–Kier alpha value is -3.45. The van der Waals surface area contributed by atoms with Gasteiger partial charge in [-0.2, -0.15) is 0 Å². The minimum atomic E-state index is 0.286. The number of fused-ring (bicyclic) bond motifs is 2. The highest BCUT2D eigenvalue weighted by Crippen LogP contribution is 2.30. The predicted molar refractivity (Wildman–Crippen MR) is 117 cm³/mol. The molecule has 0 saturated heterocycles. The van der Waals surface area contributed by atoms with Crippen molar-refractivity contribution in [3.8, 4) is 17.1 Å². The second-order valence-electron chi connectivity index (χ2n) is 7.91. The molecule has 0 fully saturated rings. The molecule has 0 atom stereocenters. The maximum absolute atomic E-state index is 6.04. The van der Waals surface area contributed by atoms with Crippen molar-refractivity contribution in [2.45, 2.75) is 26.5 Å². The molecular formula is C23H24N6O.